The van der Waals surface area contributed by atoms with Gasteiger partial charge in [-0.2, -0.15) is 0 Å². The SMILES string of the molecule is CCC(CC)(CC)NC(N)=NC(C)C. The largest absolute Gasteiger partial charge is 0.370 e. The van der Waals surface area contributed by atoms with Crippen molar-refractivity contribution in [3.63, 3.8) is 0 Å². The van der Waals surface area contributed by atoms with Gasteiger partial charge in [0.1, 0.15) is 0 Å². The van der Waals surface area contributed by atoms with Gasteiger partial charge in [0.15, 0.2) is 5.96 Å². The molecule has 0 spiro atoms. The van der Waals surface area contributed by atoms with Crippen molar-refractivity contribution in [2.75, 3.05) is 0 Å². The summed E-state index contributed by atoms with van der Waals surface area (Å²) in [5.74, 6) is 0.575. The van der Waals surface area contributed by atoms with Crippen LogP contribution < -0.4 is 11.1 Å². The molecule has 0 amide bonds. The monoisotopic (exact) mass is 199 g/mol. The minimum atomic E-state index is 0.127. The van der Waals surface area contributed by atoms with Gasteiger partial charge in [0.2, 0.25) is 0 Å². The Bertz CT molecular complexity index is 173. The number of aliphatic imine (C=N–C) groups is 1. The molecule has 0 aromatic carbocycles. The van der Waals surface area contributed by atoms with E-state index in [1.165, 1.54) is 0 Å². The zero-order chi connectivity index (χ0) is 11.2. The molecule has 0 atom stereocenters. The van der Waals surface area contributed by atoms with Crippen molar-refractivity contribution < 1.29 is 0 Å². The van der Waals surface area contributed by atoms with Gasteiger partial charge in [-0.3, -0.25) is 4.99 Å². The summed E-state index contributed by atoms with van der Waals surface area (Å²) in [6.07, 6.45) is 3.23. The Balaban J connectivity index is 4.44. The summed E-state index contributed by atoms with van der Waals surface area (Å²) < 4.78 is 0. The van der Waals surface area contributed by atoms with Gasteiger partial charge in [-0.25, -0.2) is 0 Å². The summed E-state index contributed by atoms with van der Waals surface area (Å²) in [4.78, 5) is 4.29. The summed E-state index contributed by atoms with van der Waals surface area (Å²) in [5.41, 5.74) is 5.95. The van der Waals surface area contributed by atoms with E-state index in [2.05, 4.69) is 31.1 Å². The third-order valence-electron chi connectivity index (χ3n) is 2.82. The van der Waals surface area contributed by atoms with E-state index in [0.717, 1.165) is 19.3 Å². The van der Waals surface area contributed by atoms with Gasteiger partial charge in [0.05, 0.1) is 0 Å². The maximum atomic E-state index is 5.83. The summed E-state index contributed by atoms with van der Waals surface area (Å²) in [6.45, 7) is 10.6. The van der Waals surface area contributed by atoms with E-state index in [1.54, 1.807) is 0 Å². The highest BCUT2D eigenvalue weighted by Crippen LogP contribution is 2.18. The topological polar surface area (TPSA) is 50.4 Å². The zero-order valence-corrected chi connectivity index (χ0v) is 10.2. The Morgan fingerprint density at radius 3 is 1.93 bits per heavy atom. The first-order chi connectivity index (χ1) is 6.49. The smallest absolute Gasteiger partial charge is 0.189 e. The molecule has 0 aromatic heterocycles. The molecule has 0 bridgehead atoms. The number of guanidine groups is 1. The average Bonchev–Trinajstić information content (AvgIpc) is 2.13. The molecule has 0 radical (unpaired) electrons. The third-order valence-corrected chi connectivity index (χ3v) is 2.82. The number of hydrogen-bond acceptors (Lipinski definition) is 1. The maximum absolute atomic E-state index is 5.83. The molecular formula is C11H25N3. The van der Waals surface area contributed by atoms with Gasteiger partial charge in [-0.05, 0) is 33.1 Å². The molecule has 0 saturated heterocycles. The molecule has 0 saturated carbocycles. The lowest BCUT2D eigenvalue weighted by molar-refractivity contribution is 0.338. The molecule has 0 aliphatic heterocycles. The Kier molecular flexibility index (Phi) is 5.58. The van der Waals surface area contributed by atoms with Crippen LogP contribution in [0.2, 0.25) is 0 Å². The molecule has 0 aliphatic rings. The molecular weight excluding hydrogens is 174 g/mol. The number of rotatable bonds is 5. The molecule has 0 unspecified atom stereocenters. The van der Waals surface area contributed by atoms with Crippen molar-refractivity contribution in [1.29, 1.82) is 0 Å². The van der Waals surface area contributed by atoms with Gasteiger partial charge in [0, 0.05) is 11.6 Å². The van der Waals surface area contributed by atoms with Crippen LogP contribution >= 0.6 is 0 Å². The molecule has 84 valence electrons. The van der Waals surface area contributed by atoms with E-state index in [-0.39, 0.29) is 11.6 Å². The Morgan fingerprint density at radius 1 is 1.21 bits per heavy atom. The predicted octanol–water partition coefficient (Wildman–Crippen LogP) is 2.27. The second-order valence-corrected chi connectivity index (χ2v) is 4.07. The van der Waals surface area contributed by atoms with Gasteiger partial charge < -0.3 is 11.1 Å². The van der Waals surface area contributed by atoms with Crippen molar-refractivity contribution in [2.24, 2.45) is 10.7 Å². The van der Waals surface area contributed by atoms with E-state index in [0.29, 0.717) is 5.96 Å². The molecule has 0 rings (SSSR count). The van der Waals surface area contributed by atoms with Crippen molar-refractivity contribution in [2.45, 2.75) is 65.5 Å². The first-order valence-corrected chi connectivity index (χ1v) is 5.61. The van der Waals surface area contributed by atoms with Crippen LogP contribution in [0, 0.1) is 0 Å². The van der Waals surface area contributed by atoms with Crippen LogP contribution in [-0.4, -0.2) is 17.5 Å². The minimum Gasteiger partial charge on any atom is -0.370 e. The first kappa shape index (κ1) is 13.3. The van der Waals surface area contributed by atoms with Crippen LogP contribution in [0.1, 0.15) is 53.9 Å². The van der Waals surface area contributed by atoms with E-state index in [9.17, 15) is 0 Å². The fourth-order valence-electron chi connectivity index (χ4n) is 1.60. The summed E-state index contributed by atoms with van der Waals surface area (Å²) >= 11 is 0. The first-order valence-electron chi connectivity index (χ1n) is 5.61. The van der Waals surface area contributed by atoms with Crippen LogP contribution in [0.4, 0.5) is 0 Å². The fraction of sp³-hybridized carbons (Fsp3) is 0.909. The lowest BCUT2D eigenvalue weighted by Gasteiger charge is -2.32. The molecule has 14 heavy (non-hydrogen) atoms. The van der Waals surface area contributed by atoms with Gasteiger partial charge in [-0.15, -0.1) is 0 Å². The molecule has 0 fully saturated rings. The number of nitrogens with two attached hydrogens (primary N) is 1. The molecule has 0 aromatic rings. The van der Waals surface area contributed by atoms with Gasteiger partial charge >= 0.3 is 0 Å². The van der Waals surface area contributed by atoms with Crippen molar-refractivity contribution >= 4 is 5.96 Å². The highest BCUT2D eigenvalue weighted by Gasteiger charge is 2.23. The second kappa shape index (κ2) is 5.89. The van der Waals surface area contributed by atoms with Crippen LogP contribution in [-0.2, 0) is 0 Å². The van der Waals surface area contributed by atoms with Crippen LogP contribution in [0.15, 0.2) is 4.99 Å². The van der Waals surface area contributed by atoms with E-state index in [1.807, 2.05) is 13.8 Å². The minimum absolute atomic E-state index is 0.127. The molecule has 3 nitrogen and oxygen atoms in total. The third kappa shape index (κ3) is 3.99. The lowest BCUT2D eigenvalue weighted by Crippen LogP contribution is -2.50. The van der Waals surface area contributed by atoms with E-state index < -0.39 is 0 Å². The van der Waals surface area contributed by atoms with Crippen molar-refractivity contribution in [3.8, 4) is 0 Å². The van der Waals surface area contributed by atoms with Crippen molar-refractivity contribution in [1.82, 2.24) is 5.32 Å². The number of nitrogens with zero attached hydrogens (tertiary/aromatic N) is 1. The van der Waals surface area contributed by atoms with Crippen LogP contribution in [0.25, 0.3) is 0 Å². The highest BCUT2D eigenvalue weighted by atomic mass is 15.1. The number of hydrogen-bond donors (Lipinski definition) is 2. The Labute approximate surface area is 88.2 Å². The Hall–Kier alpha value is -0.730. The molecule has 0 aliphatic carbocycles. The predicted molar refractivity (Wildman–Crippen MR) is 63.5 cm³/mol. The number of nitrogens with one attached hydrogen (secondary N) is 1. The summed E-state index contributed by atoms with van der Waals surface area (Å²) in [6, 6.07) is 0.255. The van der Waals surface area contributed by atoms with Crippen LogP contribution in [0.3, 0.4) is 0 Å². The normalized spacial score (nSPS) is 13.4. The van der Waals surface area contributed by atoms with Crippen LogP contribution in [0.5, 0.6) is 0 Å². The maximum Gasteiger partial charge on any atom is 0.189 e. The molecule has 0 heterocycles. The summed E-state index contributed by atoms with van der Waals surface area (Å²) in [5, 5.41) is 3.34. The lowest BCUT2D eigenvalue weighted by atomic mass is 9.90. The quantitative estimate of drug-likeness (QED) is 0.527. The van der Waals surface area contributed by atoms with E-state index >= 15 is 0 Å². The average molecular weight is 199 g/mol. The van der Waals surface area contributed by atoms with Gasteiger partial charge in [0.25, 0.3) is 0 Å². The van der Waals surface area contributed by atoms with Crippen molar-refractivity contribution in [3.05, 3.63) is 0 Å². The molecule has 3 heteroatoms. The van der Waals surface area contributed by atoms with Gasteiger partial charge in [-0.1, -0.05) is 20.8 Å². The molecule has 3 N–H and O–H groups in total. The van der Waals surface area contributed by atoms with E-state index in [4.69, 9.17) is 5.73 Å². The zero-order valence-electron chi connectivity index (χ0n) is 10.2. The highest BCUT2D eigenvalue weighted by molar-refractivity contribution is 5.78. The fourth-order valence-corrected chi connectivity index (χ4v) is 1.60. The summed E-state index contributed by atoms with van der Waals surface area (Å²) in [7, 11) is 0. The standard InChI is InChI=1S/C11H25N3/c1-6-11(7-2,8-3)14-10(12)13-9(4)5/h9H,6-8H2,1-5H3,(H3,12,13,14). The second-order valence-electron chi connectivity index (χ2n) is 4.07. The Morgan fingerprint density at radius 2 is 1.64 bits per heavy atom.